The minimum atomic E-state index is -4.82. The molecule has 1 amide bonds. The van der Waals surface area contributed by atoms with E-state index in [-0.39, 0.29) is 11.1 Å². The number of carbonyl (C=O) groups is 1. The lowest BCUT2D eigenvalue weighted by atomic mass is 10.0. The molecule has 1 aromatic heterocycles. The molecule has 0 fully saturated rings. The SMILES string of the molecule is CC1=[n+]2cc(C3=CCOCC3)cc(C(=O)N[C@H](C)c3cccc(C(F)(F)F)c3F)c2=NC1. The van der Waals surface area contributed by atoms with E-state index in [1.807, 2.05) is 23.4 Å². The normalized spacial score (nSPS) is 16.8. The highest BCUT2D eigenvalue weighted by molar-refractivity contribution is 5.94. The van der Waals surface area contributed by atoms with Crippen LogP contribution in [0, 0.1) is 11.5 Å². The Hall–Kier alpha value is -3.07. The highest BCUT2D eigenvalue weighted by Gasteiger charge is 2.35. The maximum absolute atomic E-state index is 14.5. The maximum Gasteiger partial charge on any atom is 0.419 e. The zero-order valence-corrected chi connectivity index (χ0v) is 17.6. The van der Waals surface area contributed by atoms with Gasteiger partial charge in [-0.15, -0.1) is 0 Å². The van der Waals surface area contributed by atoms with Gasteiger partial charge in [-0.05, 0) is 38.0 Å². The maximum atomic E-state index is 14.5. The van der Waals surface area contributed by atoms with E-state index < -0.39 is 29.5 Å². The van der Waals surface area contributed by atoms with E-state index in [1.54, 1.807) is 6.07 Å². The average Bonchev–Trinajstić information content (AvgIpc) is 3.13. The molecule has 5 nitrogen and oxygen atoms in total. The molecule has 0 radical (unpaired) electrons. The van der Waals surface area contributed by atoms with Crippen molar-refractivity contribution in [2.45, 2.75) is 32.5 Å². The van der Waals surface area contributed by atoms with Gasteiger partial charge in [-0.25, -0.2) is 4.39 Å². The minimum absolute atomic E-state index is 0.236. The van der Waals surface area contributed by atoms with Gasteiger partial charge in [0.25, 0.3) is 5.91 Å². The first-order valence-electron chi connectivity index (χ1n) is 10.2. The number of hydrogen-bond donors (Lipinski definition) is 1. The molecule has 2 aliphatic rings. The molecule has 4 rings (SSSR count). The molecular formula is C23H22F4N3O2+. The van der Waals surface area contributed by atoms with Gasteiger partial charge in [-0.1, -0.05) is 23.2 Å². The monoisotopic (exact) mass is 448 g/mol. The number of nitrogens with one attached hydrogen (secondary N) is 1. The van der Waals surface area contributed by atoms with Crippen molar-refractivity contribution < 1.29 is 31.3 Å². The molecule has 1 N–H and O–H groups in total. The number of nitrogens with zero attached hydrogens (tertiary/aromatic N) is 2. The van der Waals surface area contributed by atoms with E-state index in [9.17, 15) is 22.4 Å². The third kappa shape index (κ3) is 4.17. The van der Waals surface area contributed by atoms with Crippen LogP contribution in [0.1, 0.15) is 53.4 Å². The fourth-order valence-electron chi connectivity index (χ4n) is 3.89. The number of carbonyl (C=O) groups excluding carboxylic acids is 1. The number of aromatic nitrogens is 1. The van der Waals surface area contributed by atoms with Crippen LogP contribution in [0.4, 0.5) is 17.6 Å². The van der Waals surface area contributed by atoms with Crippen molar-refractivity contribution in [3.05, 3.63) is 75.8 Å². The fraction of sp³-hybridized carbons (Fsp3) is 0.348. The molecule has 0 bridgehead atoms. The Kier molecular flexibility index (Phi) is 5.85. The van der Waals surface area contributed by atoms with Gasteiger partial charge in [0.1, 0.15) is 23.3 Å². The van der Waals surface area contributed by atoms with Crippen LogP contribution in [-0.2, 0) is 10.9 Å². The van der Waals surface area contributed by atoms with Crippen LogP contribution in [0.3, 0.4) is 0 Å². The molecule has 1 aromatic carbocycles. The van der Waals surface area contributed by atoms with Crippen LogP contribution in [0.5, 0.6) is 0 Å². The number of ether oxygens (including phenoxy) is 1. The molecule has 0 saturated carbocycles. The number of halogens is 4. The third-order valence-electron chi connectivity index (χ3n) is 5.63. The summed E-state index contributed by atoms with van der Waals surface area (Å²) in [6.07, 6.45) is -0.248. The summed E-state index contributed by atoms with van der Waals surface area (Å²) in [5, 5.41) is 2.63. The standard InChI is InChI=1S/C23H21F4N3O2/c1-13-11-28-21-18(10-16(12-30(13)21)15-6-8-32-9-7-15)22(31)29-14(2)17-4-3-5-19(20(17)24)23(25,26)27/h3-6,10,12,14H,7-9,11H2,1-2H3/p+1/t14-/m1/s1. The van der Waals surface area contributed by atoms with Gasteiger partial charge >= 0.3 is 11.7 Å². The summed E-state index contributed by atoms with van der Waals surface area (Å²) >= 11 is 0. The molecule has 0 saturated heterocycles. The topological polar surface area (TPSA) is 56.6 Å². The third-order valence-corrected chi connectivity index (χ3v) is 5.63. The Morgan fingerprint density at radius 1 is 1.31 bits per heavy atom. The van der Waals surface area contributed by atoms with Gasteiger partial charge in [-0.3, -0.25) is 4.79 Å². The predicted molar refractivity (Wildman–Crippen MR) is 108 cm³/mol. The lowest BCUT2D eigenvalue weighted by Gasteiger charge is -2.18. The number of benzene rings is 1. The van der Waals surface area contributed by atoms with Crippen molar-refractivity contribution in [3.8, 4) is 0 Å². The summed E-state index contributed by atoms with van der Waals surface area (Å²) in [4.78, 5) is 17.6. The number of rotatable bonds is 4. The highest BCUT2D eigenvalue weighted by atomic mass is 19.4. The highest BCUT2D eigenvalue weighted by Crippen LogP contribution is 2.34. The first kappa shape index (κ1) is 22.1. The van der Waals surface area contributed by atoms with Crippen LogP contribution in [0.2, 0.25) is 0 Å². The quantitative estimate of drug-likeness (QED) is 0.576. The number of amides is 1. The molecule has 2 aromatic rings. The molecule has 1 atom stereocenters. The summed E-state index contributed by atoms with van der Waals surface area (Å²) in [6, 6.07) is 3.78. The fourth-order valence-corrected chi connectivity index (χ4v) is 3.89. The summed E-state index contributed by atoms with van der Waals surface area (Å²) in [7, 11) is 0. The van der Waals surface area contributed by atoms with Crippen molar-refractivity contribution >= 4 is 11.5 Å². The van der Waals surface area contributed by atoms with E-state index in [0.717, 1.165) is 22.9 Å². The van der Waals surface area contributed by atoms with Gasteiger partial charge in [0, 0.05) is 11.1 Å². The van der Waals surface area contributed by atoms with Crippen LogP contribution < -0.4 is 15.0 Å². The first-order valence-corrected chi connectivity index (χ1v) is 10.2. The summed E-state index contributed by atoms with van der Waals surface area (Å²) in [5.74, 6) is -1.92. The van der Waals surface area contributed by atoms with Crippen molar-refractivity contribution in [2.24, 2.45) is 4.99 Å². The molecule has 0 spiro atoms. The number of fused-ring (bicyclic) bond motifs is 1. The van der Waals surface area contributed by atoms with Crippen molar-refractivity contribution in [2.75, 3.05) is 19.8 Å². The van der Waals surface area contributed by atoms with E-state index >= 15 is 0 Å². The van der Waals surface area contributed by atoms with Gasteiger partial charge in [0.05, 0.1) is 24.8 Å². The molecule has 9 heteroatoms. The predicted octanol–water partition coefficient (Wildman–Crippen LogP) is 3.46. The van der Waals surface area contributed by atoms with Gasteiger partial charge in [0.2, 0.25) is 0 Å². The Morgan fingerprint density at radius 2 is 2.09 bits per heavy atom. The Labute approximate surface area is 181 Å². The Morgan fingerprint density at radius 3 is 2.78 bits per heavy atom. The number of hydrogen-bond acceptors (Lipinski definition) is 3. The van der Waals surface area contributed by atoms with Crippen LogP contribution in [-0.4, -0.2) is 25.7 Å². The minimum Gasteiger partial charge on any atom is -0.377 e. The molecule has 168 valence electrons. The summed E-state index contributed by atoms with van der Waals surface area (Å²) in [6.45, 7) is 4.85. The van der Waals surface area contributed by atoms with E-state index in [0.29, 0.717) is 37.7 Å². The van der Waals surface area contributed by atoms with Crippen LogP contribution in [0.25, 0.3) is 5.57 Å². The summed E-state index contributed by atoms with van der Waals surface area (Å²) in [5.41, 5.74) is 1.98. The van der Waals surface area contributed by atoms with E-state index in [4.69, 9.17) is 4.74 Å². The molecule has 32 heavy (non-hydrogen) atoms. The molecular weight excluding hydrogens is 426 g/mol. The van der Waals surface area contributed by atoms with E-state index in [2.05, 4.69) is 10.3 Å². The van der Waals surface area contributed by atoms with Crippen LogP contribution >= 0.6 is 0 Å². The average molecular weight is 448 g/mol. The second-order valence-electron chi connectivity index (χ2n) is 7.84. The zero-order valence-electron chi connectivity index (χ0n) is 17.6. The number of pyridine rings is 1. The zero-order chi connectivity index (χ0) is 23.0. The van der Waals surface area contributed by atoms with E-state index in [1.165, 1.54) is 13.0 Å². The summed E-state index contributed by atoms with van der Waals surface area (Å²) < 4.78 is 60.9. The smallest absolute Gasteiger partial charge is 0.377 e. The first-order chi connectivity index (χ1) is 15.2. The van der Waals surface area contributed by atoms with Gasteiger partial charge in [0.15, 0.2) is 6.54 Å². The molecule has 0 aliphatic carbocycles. The largest absolute Gasteiger partial charge is 0.419 e. The van der Waals surface area contributed by atoms with Gasteiger partial charge in [-0.2, -0.15) is 17.4 Å². The Bertz CT molecular complexity index is 1240. The Balaban J connectivity index is 1.70. The van der Waals surface area contributed by atoms with Crippen molar-refractivity contribution in [1.29, 1.82) is 0 Å². The molecule has 0 unspecified atom stereocenters. The molecule has 2 aliphatic heterocycles. The molecule has 3 heterocycles. The lowest BCUT2D eigenvalue weighted by Crippen LogP contribution is -2.43. The van der Waals surface area contributed by atoms with Crippen LogP contribution in [0.15, 0.2) is 41.5 Å². The second kappa shape index (κ2) is 8.46. The van der Waals surface area contributed by atoms with Crippen molar-refractivity contribution in [1.82, 2.24) is 5.32 Å². The van der Waals surface area contributed by atoms with Gasteiger partial charge < -0.3 is 10.1 Å². The number of alkyl halides is 3. The van der Waals surface area contributed by atoms with Crippen molar-refractivity contribution in [3.63, 3.8) is 0 Å². The second-order valence-corrected chi connectivity index (χ2v) is 7.84. The lowest BCUT2D eigenvalue weighted by molar-refractivity contribution is -0.534.